The van der Waals surface area contributed by atoms with Crippen LogP contribution in [0.4, 0.5) is 0 Å². The molecular formula is C27H41NO6S. The van der Waals surface area contributed by atoms with Gasteiger partial charge in [0.15, 0.2) is 0 Å². The molecular weight excluding hydrogens is 466 g/mol. The fourth-order valence-corrected chi connectivity index (χ4v) is 5.66. The second-order valence-electron chi connectivity index (χ2n) is 11.3. The quantitative estimate of drug-likeness (QED) is 0.449. The first-order valence-corrected chi connectivity index (χ1v) is 13.5. The van der Waals surface area contributed by atoms with Crippen molar-refractivity contribution in [2.24, 2.45) is 17.3 Å². The number of nitrogens with zero attached hydrogens (tertiary/aromatic N) is 1. The zero-order chi connectivity index (χ0) is 26.1. The maximum Gasteiger partial charge on any atom is 0.309 e. The molecule has 2 saturated heterocycles. The third kappa shape index (κ3) is 6.59. The Kier molecular flexibility index (Phi) is 8.62. The second kappa shape index (κ2) is 10.8. The van der Waals surface area contributed by atoms with Gasteiger partial charge in [-0.2, -0.15) is 0 Å². The lowest BCUT2D eigenvalue weighted by atomic mass is 9.73. The Labute approximate surface area is 212 Å². The summed E-state index contributed by atoms with van der Waals surface area (Å²) < 4.78 is 11.9. The topological polar surface area (TPSA) is 109 Å². The Hall–Kier alpha value is -1.61. The van der Waals surface area contributed by atoms with Gasteiger partial charge >= 0.3 is 5.97 Å². The van der Waals surface area contributed by atoms with Crippen LogP contribution in [-0.4, -0.2) is 57.0 Å². The summed E-state index contributed by atoms with van der Waals surface area (Å²) in [5, 5.41) is 24.6. The number of ether oxygens (including phenoxy) is 2. The molecule has 2 aliphatic rings. The van der Waals surface area contributed by atoms with E-state index < -0.39 is 41.2 Å². The van der Waals surface area contributed by atoms with Crippen LogP contribution < -0.4 is 0 Å². The number of thiazole rings is 1. The number of fused-ring (bicyclic) bond motifs is 1. The van der Waals surface area contributed by atoms with E-state index >= 15 is 0 Å². The number of Topliss-reactive ketones (excluding diaryl/α,β-unsaturated/α-hetero) is 1. The highest BCUT2D eigenvalue weighted by molar-refractivity contribution is 7.09. The zero-order valence-corrected chi connectivity index (χ0v) is 22.9. The molecule has 196 valence electrons. The minimum absolute atomic E-state index is 0.0545. The molecule has 1 aromatic rings. The Bertz CT molecular complexity index is 955. The first-order chi connectivity index (χ1) is 16.2. The number of cyclic esters (lactones) is 1. The van der Waals surface area contributed by atoms with Crippen LogP contribution in [0.15, 0.2) is 11.0 Å². The summed E-state index contributed by atoms with van der Waals surface area (Å²) in [7, 11) is 0. The number of carbonyl (C=O) groups excluding carboxylic acids is 2. The lowest BCUT2D eigenvalue weighted by Crippen LogP contribution is -2.45. The molecule has 7 atom stereocenters. The number of carbonyl (C=O) groups is 2. The molecule has 3 rings (SSSR count). The van der Waals surface area contributed by atoms with Crippen molar-refractivity contribution in [2.75, 3.05) is 0 Å². The number of hydrogen-bond acceptors (Lipinski definition) is 8. The first-order valence-electron chi connectivity index (χ1n) is 12.6. The number of ketones is 1. The Morgan fingerprint density at radius 2 is 1.89 bits per heavy atom. The highest BCUT2D eigenvalue weighted by Crippen LogP contribution is 2.45. The van der Waals surface area contributed by atoms with Crippen molar-refractivity contribution in [3.63, 3.8) is 0 Å². The number of aliphatic hydroxyl groups is 2. The van der Waals surface area contributed by atoms with E-state index in [0.717, 1.165) is 35.5 Å². The van der Waals surface area contributed by atoms with Gasteiger partial charge in [0.1, 0.15) is 11.9 Å². The van der Waals surface area contributed by atoms with Crippen molar-refractivity contribution in [3.05, 3.63) is 21.7 Å². The van der Waals surface area contributed by atoms with Gasteiger partial charge in [0.05, 0.1) is 46.5 Å². The zero-order valence-electron chi connectivity index (χ0n) is 22.0. The third-order valence-corrected chi connectivity index (χ3v) is 8.67. The standard InChI is InChI=1S/C27H41NO6S/c1-15-9-8-10-22-27(7,34-22)13-20(16(2)11-19-14-35-18(4)28-19)33-23(30)12-21(29)26(5,6)25(32)17(3)24(15)31/h11,14-15,17,20-22,24,29,31H,8-10,12-13H2,1-7H3/t15-,17+,20-,21-,22-,24-,27+/m0/s1. The van der Waals surface area contributed by atoms with Gasteiger partial charge in [-0.05, 0) is 51.2 Å². The summed E-state index contributed by atoms with van der Waals surface area (Å²) in [6, 6.07) is 0. The van der Waals surface area contributed by atoms with Gasteiger partial charge in [-0.3, -0.25) is 9.59 Å². The second-order valence-corrected chi connectivity index (χ2v) is 12.3. The molecule has 2 aliphatic heterocycles. The minimum atomic E-state index is -1.23. The summed E-state index contributed by atoms with van der Waals surface area (Å²) in [5.41, 5.74) is 0.0686. The van der Waals surface area contributed by atoms with Gasteiger partial charge in [-0.15, -0.1) is 11.3 Å². The number of epoxide rings is 1. The first kappa shape index (κ1) is 28.0. The summed E-state index contributed by atoms with van der Waals surface area (Å²) >= 11 is 1.56. The average Bonchev–Trinajstić information content (AvgIpc) is 3.23. The molecule has 0 saturated carbocycles. The number of aliphatic hydroxyl groups excluding tert-OH is 2. The van der Waals surface area contributed by atoms with E-state index in [9.17, 15) is 19.8 Å². The van der Waals surface area contributed by atoms with Gasteiger partial charge < -0.3 is 19.7 Å². The molecule has 0 aromatic carbocycles. The SMILES string of the molecule is CC(=Cc1csc(C)n1)[C@@H]1C[C@@]2(C)O[C@H]2CCC[C@H](C)[C@H](O)[C@@H](C)C(=O)C(C)(C)[C@@H](O)CC(=O)O1. The van der Waals surface area contributed by atoms with Crippen LogP contribution in [0.3, 0.4) is 0 Å². The van der Waals surface area contributed by atoms with Crippen LogP contribution in [0.5, 0.6) is 0 Å². The fourth-order valence-electron chi connectivity index (χ4n) is 5.09. The van der Waals surface area contributed by atoms with Gasteiger partial charge in [-0.25, -0.2) is 4.98 Å². The Morgan fingerprint density at radius 1 is 1.20 bits per heavy atom. The van der Waals surface area contributed by atoms with Crippen LogP contribution in [-0.2, 0) is 19.1 Å². The minimum Gasteiger partial charge on any atom is -0.458 e. The highest BCUT2D eigenvalue weighted by atomic mass is 32.1. The number of esters is 1. The predicted molar refractivity (Wildman–Crippen MR) is 136 cm³/mol. The number of aromatic nitrogens is 1. The third-order valence-electron chi connectivity index (χ3n) is 7.88. The lowest BCUT2D eigenvalue weighted by Gasteiger charge is -2.34. The van der Waals surface area contributed by atoms with E-state index in [-0.39, 0.29) is 24.2 Å². The number of aryl methyl sites for hydroxylation is 1. The molecule has 2 N–H and O–H groups in total. The van der Waals surface area contributed by atoms with E-state index in [2.05, 4.69) is 4.98 Å². The van der Waals surface area contributed by atoms with E-state index in [1.165, 1.54) is 0 Å². The predicted octanol–water partition coefficient (Wildman–Crippen LogP) is 4.48. The summed E-state index contributed by atoms with van der Waals surface area (Å²) in [5.74, 6) is -1.54. The molecule has 35 heavy (non-hydrogen) atoms. The molecule has 2 fully saturated rings. The maximum absolute atomic E-state index is 13.2. The molecule has 1 aromatic heterocycles. The normalized spacial score (nSPS) is 37.5. The Balaban J connectivity index is 1.86. The largest absolute Gasteiger partial charge is 0.458 e. The van der Waals surface area contributed by atoms with Crippen molar-refractivity contribution in [1.29, 1.82) is 0 Å². The van der Waals surface area contributed by atoms with Gasteiger partial charge in [0.25, 0.3) is 0 Å². The molecule has 0 bridgehead atoms. The van der Waals surface area contributed by atoms with E-state index in [0.29, 0.717) is 6.42 Å². The molecule has 0 aliphatic carbocycles. The van der Waals surface area contributed by atoms with E-state index in [4.69, 9.17) is 9.47 Å². The summed E-state index contributed by atoms with van der Waals surface area (Å²) in [4.78, 5) is 30.6. The van der Waals surface area contributed by atoms with Crippen molar-refractivity contribution < 1.29 is 29.3 Å². The molecule has 7 nitrogen and oxygen atoms in total. The summed E-state index contributed by atoms with van der Waals surface area (Å²) in [6.07, 6.45) is 2.08. The molecule has 0 amide bonds. The van der Waals surface area contributed by atoms with Gasteiger partial charge in [-0.1, -0.05) is 34.1 Å². The highest BCUT2D eigenvalue weighted by Gasteiger charge is 2.53. The van der Waals surface area contributed by atoms with Gasteiger partial charge in [0.2, 0.25) is 0 Å². The maximum atomic E-state index is 13.2. The van der Waals surface area contributed by atoms with Gasteiger partial charge in [0, 0.05) is 17.7 Å². The van der Waals surface area contributed by atoms with E-state index in [1.54, 1.807) is 32.1 Å². The average molecular weight is 508 g/mol. The monoisotopic (exact) mass is 507 g/mol. The van der Waals surface area contributed by atoms with Crippen LogP contribution in [0, 0.1) is 24.2 Å². The van der Waals surface area contributed by atoms with Crippen molar-refractivity contribution >= 4 is 29.2 Å². The molecule has 0 unspecified atom stereocenters. The fraction of sp³-hybridized carbons (Fsp3) is 0.741. The molecule has 0 radical (unpaired) electrons. The smallest absolute Gasteiger partial charge is 0.309 e. The van der Waals surface area contributed by atoms with Crippen molar-refractivity contribution in [1.82, 2.24) is 4.98 Å². The number of rotatable bonds is 2. The van der Waals surface area contributed by atoms with Crippen LogP contribution in [0.25, 0.3) is 6.08 Å². The van der Waals surface area contributed by atoms with Crippen molar-refractivity contribution in [3.8, 4) is 0 Å². The molecule has 0 spiro atoms. The molecule has 8 heteroatoms. The Morgan fingerprint density at radius 3 is 2.51 bits per heavy atom. The molecule has 3 heterocycles. The van der Waals surface area contributed by atoms with Crippen LogP contribution in [0.1, 0.15) is 84.3 Å². The number of hydrogen-bond donors (Lipinski definition) is 2. The van der Waals surface area contributed by atoms with E-state index in [1.807, 2.05) is 39.2 Å². The lowest BCUT2D eigenvalue weighted by molar-refractivity contribution is -0.154. The summed E-state index contributed by atoms with van der Waals surface area (Å²) in [6.45, 7) is 12.8. The van der Waals surface area contributed by atoms with Crippen molar-refractivity contribution in [2.45, 2.75) is 111 Å². The van der Waals surface area contributed by atoms with Crippen LogP contribution in [0.2, 0.25) is 0 Å². The van der Waals surface area contributed by atoms with Crippen LogP contribution >= 0.6 is 11.3 Å².